The van der Waals surface area contributed by atoms with E-state index in [1.54, 1.807) is 29.2 Å². The molecular formula is C14H12FN3O2. The lowest BCUT2D eigenvalue weighted by atomic mass is 10.1. The van der Waals surface area contributed by atoms with Gasteiger partial charge in [-0.05, 0) is 24.1 Å². The summed E-state index contributed by atoms with van der Waals surface area (Å²) in [4.78, 5) is 14.5. The lowest BCUT2D eigenvalue weighted by Gasteiger charge is -2.08. The number of imidazole rings is 1. The van der Waals surface area contributed by atoms with Gasteiger partial charge >= 0.3 is 5.97 Å². The number of rotatable bonds is 5. The SMILES string of the molecule is N#Cc1ccc(Cn2cncc2CCC(=O)O)cc1F. The maximum atomic E-state index is 13.5. The molecule has 1 N–H and O–H groups in total. The number of nitrogens with zero attached hydrogens (tertiary/aromatic N) is 3. The minimum Gasteiger partial charge on any atom is -0.481 e. The van der Waals surface area contributed by atoms with Crippen molar-refractivity contribution in [3.8, 4) is 6.07 Å². The molecule has 1 heterocycles. The van der Waals surface area contributed by atoms with E-state index in [2.05, 4.69) is 4.98 Å². The average molecular weight is 273 g/mol. The largest absolute Gasteiger partial charge is 0.481 e. The summed E-state index contributed by atoms with van der Waals surface area (Å²) >= 11 is 0. The highest BCUT2D eigenvalue weighted by Crippen LogP contribution is 2.12. The second kappa shape index (κ2) is 5.97. The number of aromatic nitrogens is 2. The highest BCUT2D eigenvalue weighted by Gasteiger charge is 2.07. The van der Waals surface area contributed by atoms with Gasteiger partial charge in [0.05, 0.1) is 18.3 Å². The van der Waals surface area contributed by atoms with Crippen LogP contribution in [0.1, 0.15) is 23.2 Å². The van der Waals surface area contributed by atoms with Crippen LogP contribution in [-0.2, 0) is 17.8 Å². The van der Waals surface area contributed by atoms with Crippen molar-refractivity contribution in [2.75, 3.05) is 0 Å². The molecule has 20 heavy (non-hydrogen) atoms. The minimum absolute atomic E-state index is 0.00508. The van der Waals surface area contributed by atoms with E-state index in [9.17, 15) is 9.18 Å². The molecule has 0 atom stereocenters. The van der Waals surface area contributed by atoms with E-state index in [1.807, 2.05) is 0 Å². The van der Waals surface area contributed by atoms with E-state index in [-0.39, 0.29) is 12.0 Å². The fourth-order valence-corrected chi connectivity index (χ4v) is 1.88. The summed E-state index contributed by atoms with van der Waals surface area (Å²) in [6, 6.07) is 6.17. The maximum Gasteiger partial charge on any atom is 0.303 e. The van der Waals surface area contributed by atoms with Crippen LogP contribution in [0.3, 0.4) is 0 Å². The number of aliphatic carboxylic acids is 1. The number of halogens is 1. The first-order chi connectivity index (χ1) is 9.60. The third-order valence-electron chi connectivity index (χ3n) is 2.90. The molecule has 0 amide bonds. The second-order valence-electron chi connectivity index (χ2n) is 4.33. The number of carbonyl (C=O) groups is 1. The number of aryl methyl sites for hydroxylation is 1. The van der Waals surface area contributed by atoms with Gasteiger partial charge in [0.1, 0.15) is 11.9 Å². The molecule has 0 saturated carbocycles. The summed E-state index contributed by atoms with van der Waals surface area (Å²) < 4.78 is 15.3. The van der Waals surface area contributed by atoms with Gasteiger partial charge in [0.2, 0.25) is 0 Å². The van der Waals surface area contributed by atoms with E-state index in [0.29, 0.717) is 18.5 Å². The first-order valence-corrected chi connectivity index (χ1v) is 5.99. The van der Waals surface area contributed by atoms with Crippen molar-refractivity contribution < 1.29 is 14.3 Å². The molecule has 5 nitrogen and oxygen atoms in total. The van der Waals surface area contributed by atoms with Gasteiger partial charge < -0.3 is 9.67 Å². The van der Waals surface area contributed by atoms with Crippen LogP contribution >= 0.6 is 0 Å². The Morgan fingerprint density at radius 3 is 2.95 bits per heavy atom. The number of carboxylic acids is 1. The van der Waals surface area contributed by atoms with E-state index in [4.69, 9.17) is 10.4 Å². The fraction of sp³-hybridized carbons (Fsp3) is 0.214. The van der Waals surface area contributed by atoms with Crippen LogP contribution in [0.15, 0.2) is 30.7 Å². The molecule has 102 valence electrons. The van der Waals surface area contributed by atoms with Crippen molar-refractivity contribution in [3.05, 3.63) is 53.4 Å². The van der Waals surface area contributed by atoms with Crippen LogP contribution < -0.4 is 0 Å². The molecule has 0 aliphatic carbocycles. The van der Waals surface area contributed by atoms with Crippen LogP contribution in [0.2, 0.25) is 0 Å². The van der Waals surface area contributed by atoms with Crippen molar-refractivity contribution in [3.63, 3.8) is 0 Å². The maximum absolute atomic E-state index is 13.5. The van der Waals surface area contributed by atoms with Crippen molar-refractivity contribution in [1.82, 2.24) is 9.55 Å². The molecule has 1 aromatic carbocycles. The van der Waals surface area contributed by atoms with Crippen LogP contribution in [0.25, 0.3) is 0 Å². The monoisotopic (exact) mass is 273 g/mol. The van der Waals surface area contributed by atoms with Gasteiger partial charge in [-0.25, -0.2) is 9.37 Å². The third kappa shape index (κ3) is 3.20. The minimum atomic E-state index is -0.873. The van der Waals surface area contributed by atoms with Gasteiger partial charge in [-0.3, -0.25) is 4.79 Å². The van der Waals surface area contributed by atoms with Gasteiger partial charge in [0.15, 0.2) is 0 Å². The third-order valence-corrected chi connectivity index (χ3v) is 2.90. The van der Waals surface area contributed by atoms with E-state index >= 15 is 0 Å². The summed E-state index contributed by atoms with van der Waals surface area (Å²) in [5.74, 6) is -1.43. The first-order valence-electron chi connectivity index (χ1n) is 5.99. The lowest BCUT2D eigenvalue weighted by Crippen LogP contribution is -2.06. The smallest absolute Gasteiger partial charge is 0.303 e. The molecule has 0 fully saturated rings. The molecule has 0 aliphatic rings. The van der Waals surface area contributed by atoms with Crippen LogP contribution in [0, 0.1) is 17.1 Å². The number of benzene rings is 1. The molecule has 6 heteroatoms. The van der Waals surface area contributed by atoms with Crippen LogP contribution in [0.5, 0.6) is 0 Å². The number of nitriles is 1. The number of hydrogen-bond donors (Lipinski definition) is 1. The Kier molecular flexibility index (Phi) is 4.11. The second-order valence-corrected chi connectivity index (χ2v) is 4.33. The Bertz CT molecular complexity index is 673. The topological polar surface area (TPSA) is 78.9 Å². The summed E-state index contributed by atoms with van der Waals surface area (Å²) in [6.07, 6.45) is 3.57. The summed E-state index contributed by atoms with van der Waals surface area (Å²) in [6.45, 7) is 0.386. The average Bonchev–Trinajstić information content (AvgIpc) is 2.84. The Morgan fingerprint density at radius 2 is 2.30 bits per heavy atom. The molecule has 0 spiro atoms. The highest BCUT2D eigenvalue weighted by molar-refractivity contribution is 5.66. The van der Waals surface area contributed by atoms with E-state index in [0.717, 1.165) is 5.69 Å². The van der Waals surface area contributed by atoms with E-state index < -0.39 is 11.8 Å². The zero-order chi connectivity index (χ0) is 14.5. The number of carboxylic acid groups (broad SMARTS) is 1. The molecule has 1 aromatic heterocycles. The summed E-state index contributed by atoms with van der Waals surface area (Å²) in [7, 11) is 0. The number of hydrogen-bond acceptors (Lipinski definition) is 3. The molecular weight excluding hydrogens is 261 g/mol. The van der Waals surface area contributed by atoms with Crippen molar-refractivity contribution in [2.45, 2.75) is 19.4 Å². The van der Waals surface area contributed by atoms with Crippen LogP contribution in [0.4, 0.5) is 4.39 Å². The van der Waals surface area contributed by atoms with E-state index in [1.165, 1.54) is 12.1 Å². The quantitative estimate of drug-likeness (QED) is 0.903. The first kappa shape index (κ1) is 13.7. The highest BCUT2D eigenvalue weighted by atomic mass is 19.1. The van der Waals surface area contributed by atoms with Gasteiger partial charge in [-0.1, -0.05) is 6.07 Å². The van der Waals surface area contributed by atoms with Gasteiger partial charge in [-0.2, -0.15) is 5.26 Å². The Balaban J connectivity index is 2.14. The summed E-state index contributed by atoms with van der Waals surface area (Å²) in [5.41, 5.74) is 1.47. The van der Waals surface area contributed by atoms with Crippen molar-refractivity contribution >= 4 is 5.97 Å². The molecule has 0 saturated heterocycles. The predicted molar refractivity (Wildman–Crippen MR) is 68.4 cm³/mol. The molecule has 0 radical (unpaired) electrons. The molecule has 2 aromatic rings. The van der Waals surface area contributed by atoms with Crippen LogP contribution in [-0.4, -0.2) is 20.6 Å². The van der Waals surface area contributed by atoms with Crippen molar-refractivity contribution in [1.29, 1.82) is 5.26 Å². The Hall–Kier alpha value is -2.68. The standard InChI is InChI=1S/C14H12FN3O2/c15-13-5-10(1-2-11(13)6-16)8-18-9-17-7-12(18)3-4-14(19)20/h1-2,5,7,9H,3-4,8H2,(H,19,20). The molecule has 0 aliphatic heterocycles. The lowest BCUT2D eigenvalue weighted by molar-refractivity contribution is -0.136. The van der Waals surface area contributed by atoms with Gasteiger partial charge in [-0.15, -0.1) is 0 Å². The zero-order valence-corrected chi connectivity index (χ0v) is 10.6. The fourth-order valence-electron chi connectivity index (χ4n) is 1.88. The Morgan fingerprint density at radius 1 is 1.50 bits per heavy atom. The zero-order valence-electron chi connectivity index (χ0n) is 10.6. The van der Waals surface area contributed by atoms with Gasteiger partial charge in [0.25, 0.3) is 0 Å². The van der Waals surface area contributed by atoms with Crippen molar-refractivity contribution in [2.24, 2.45) is 0 Å². The van der Waals surface area contributed by atoms with Gasteiger partial charge in [0, 0.05) is 18.4 Å². The molecule has 0 bridgehead atoms. The molecule has 2 rings (SSSR count). The summed E-state index contributed by atoms with van der Waals surface area (Å²) in [5, 5.41) is 17.3. The predicted octanol–water partition coefficient (Wildman–Crippen LogP) is 1.96. The normalized spacial score (nSPS) is 10.2. The Labute approximate surface area is 114 Å². The molecule has 0 unspecified atom stereocenters.